The van der Waals surface area contributed by atoms with Crippen molar-refractivity contribution < 1.29 is 0 Å². The van der Waals surface area contributed by atoms with E-state index in [0.29, 0.717) is 0 Å². The van der Waals surface area contributed by atoms with Gasteiger partial charge in [0.15, 0.2) is 0 Å². The first-order valence-corrected chi connectivity index (χ1v) is 17.6. The number of imidazole rings is 2. The fourth-order valence-corrected chi connectivity index (χ4v) is 6.56. The molecule has 238 valence electrons. The summed E-state index contributed by atoms with van der Waals surface area (Å²) in [6.45, 7) is 6.46. The predicted octanol–water partition coefficient (Wildman–Crippen LogP) is 10.9. The molecule has 0 saturated carbocycles. The lowest BCUT2D eigenvalue weighted by Gasteiger charge is -2.11. The third kappa shape index (κ3) is 7.38. The summed E-state index contributed by atoms with van der Waals surface area (Å²) in [5.74, 6) is 1.99. The number of unbranched alkanes of at least 4 members (excludes halogenated alkanes) is 10. The molecular formula is C40H48N6. The van der Waals surface area contributed by atoms with E-state index in [2.05, 4.69) is 95.8 Å². The van der Waals surface area contributed by atoms with Gasteiger partial charge in [0.1, 0.15) is 11.6 Å². The summed E-state index contributed by atoms with van der Waals surface area (Å²) in [7, 11) is 0. The van der Waals surface area contributed by atoms with E-state index in [0.717, 1.165) is 71.1 Å². The first-order valence-electron chi connectivity index (χ1n) is 17.6. The normalized spacial score (nSPS) is 11.6. The molecule has 46 heavy (non-hydrogen) atoms. The highest BCUT2D eigenvalue weighted by Crippen LogP contribution is 2.31. The van der Waals surface area contributed by atoms with Crippen LogP contribution < -0.4 is 0 Å². The summed E-state index contributed by atoms with van der Waals surface area (Å²) in [5.41, 5.74) is 8.26. The van der Waals surface area contributed by atoms with E-state index in [1.165, 1.54) is 75.2 Å². The molecule has 0 N–H and O–H groups in total. The number of hydrogen-bond acceptors (Lipinski definition) is 4. The van der Waals surface area contributed by atoms with Gasteiger partial charge in [-0.1, -0.05) is 102 Å². The lowest BCUT2D eigenvalue weighted by atomic mass is 10.1. The minimum atomic E-state index is 0.844. The van der Waals surface area contributed by atoms with Gasteiger partial charge in [0.2, 0.25) is 0 Å². The van der Waals surface area contributed by atoms with Gasteiger partial charge in [-0.3, -0.25) is 9.97 Å². The SMILES string of the molecule is CCCCCCCCn1c(-c2ccnc(-c3cc(-c4nc5ccccc5n4CCCCCCCC)ccn3)c2)nc2ccccc21. The Hall–Kier alpha value is -4.32. The molecule has 0 aliphatic rings. The fourth-order valence-electron chi connectivity index (χ4n) is 6.56. The highest BCUT2D eigenvalue weighted by Gasteiger charge is 2.16. The Balaban J connectivity index is 1.28. The molecule has 0 fully saturated rings. The fraction of sp³-hybridized carbons (Fsp3) is 0.400. The molecule has 2 aromatic carbocycles. The maximum absolute atomic E-state index is 5.10. The Bertz CT molecular complexity index is 1710. The largest absolute Gasteiger partial charge is 0.324 e. The van der Waals surface area contributed by atoms with Crippen LogP contribution in [0.1, 0.15) is 90.9 Å². The Labute approximate surface area is 274 Å². The molecule has 0 spiro atoms. The standard InChI is InChI=1S/C40H48N6/c1-3-5-7-9-11-17-27-45-37-21-15-13-19-33(37)43-39(45)31-23-25-41-35(29-31)36-30-32(24-26-42-36)40-44-34-20-14-16-22-38(34)46(40)28-18-12-10-8-6-4-2/h13-16,19-26,29-30H,3-12,17-18,27-28H2,1-2H3. The topological polar surface area (TPSA) is 61.4 Å². The van der Waals surface area contributed by atoms with E-state index in [1.807, 2.05) is 12.4 Å². The summed E-state index contributed by atoms with van der Waals surface area (Å²) in [6.07, 6.45) is 19.0. The van der Waals surface area contributed by atoms with Crippen molar-refractivity contribution in [1.82, 2.24) is 29.1 Å². The minimum Gasteiger partial charge on any atom is -0.324 e. The van der Waals surface area contributed by atoms with Crippen LogP contribution in [0.4, 0.5) is 0 Å². The van der Waals surface area contributed by atoms with Crippen LogP contribution in [0.3, 0.4) is 0 Å². The number of nitrogens with zero attached hydrogens (tertiary/aromatic N) is 6. The maximum atomic E-state index is 5.10. The van der Waals surface area contributed by atoms with E-state index < -0.39 is 0 Å². The van der Waals surface area contributed by atoms with Gasteiger partial charge in [0.05, 0.1) is 33.5 Å². The summed E-state index contributed by atoms with van der Waals surface area (Å²) in [4.78, 5) is 19.8. The second-order valence-electron chi connectivity index (χ2n) is 12.5. The van der Waals surface area contributed by atoms with E-state index in [9.17, 15) is 0 Å². The number of aromatic nitrogens is 6. The van der Waals surface area contributed by atoms with Crippen molar-refractivity contribution >= 4 is 22.1 Å². The summed E-state index contributed by atoms with van der Waals surface area (Å²) < 4.78 is 4.78. The van der Waals surface area contributed by atoms with Crippen LogP contribution >= 0.6 is 0 Å². The third-order valence-corrected chi connectivity index (χ3v) is 9.08. The van der Waals surface area contributed by atoms with E-state index in [1.54, 1.807) is 0 Å². The quantitative estimate of drug-likeness (QED) is 0.0961. The summed E-state index contributed by atoms with van der Waals surface area (Å²) in [6, 6.07) is 25.4. The molecule has 0 amide bonds. The average Bonchev–Trinajstić information content (AvgIpc) is 3.66. The Morgan fingerprint density at radius 2 is 0.891 bits per heavy atom. The summed E-state index contributed by atoms with van der Waals surface area (Å²) in [5, 5.41) is 0. The van der Waals surface area contributed by atoms with Crippen molar-refractivity contribution in [3.63, 3.8) is 0 Å². The zero-order chi connectivity index (χ0) is 31.6. The molecular weight excluding hydrogens is 564 g/mol. The van der Waals surface area contributed by atoms with Gasteiger partial charge in [0, 0.05) is 36.6 Å². The molecule has 6 aromatic rings. The third-order valence-electron chi connectivity index (χ3n) is 9.08. The van der Waals surface area contributed by atoms with Crippen molar-refractivity contribution in [3.05, 3.63) is 85.2 Å². The van der Waals surface area contributed by atoms with Crippen molar-refractivity contribution in [2.75, 3.05) is 0 Å². The summed E-state index contributed by atoms with van der Waals surface area (Å²) >= 11 is 0. The zero-order valence-electron chi connectivity index (χ0n) is 27.7. The van der Waals surface area contributed by atoms with Crippen LogP contribution in [0.2, 0.25) is 0 Å². The number of pyridine rings is 2. The van der Waals surface area contributed by atoms with Crippen molar-refractivity contribution in [1.29, 1.82) is 0 Å². The molecule has 0 aliphatic heterocycles. The molecule has 0 bridgehead atoms. The van der Waals surface area contributed by atoms with Gasteiger partial charge in [0.25, 0.3) is 0 Å². The molecule has 4 heterocycles. The van der Waals surface area contributed by atoms with E-state index >= 15 is 0 Å². The van der Waals surface area contributed by atoms with Gasteiger partial charge in [-0.05, 0) is 61.4 Å². The van der Waals surface area contributed by atoms with Crippen LogP contribution in [-0.4, -0.2) is 29.1 Å². The average molecular weight is 613 g/mol. The molecule has 0 atom stereocenters. The van der Waals surface area contributed by atoms with Crippen molar-refractivity contribution in [3.8, 4) is 34.2 Å². The first kappa shape index (κ1) is 31.7. The molecule has 6 heteroatoms. The molecule has 0 aliphatic carbocycles. The molecule has 4 aromatic heterocycles. The number of aryl methyl sites for hydroxylation is 2. The highest BCUT2D eigenvalue weighted by molar-refractivity contribution is 5.83. The molecule has 6 rings (SSSR count). The molecule has 0 unspecified atom stereocenters. The van der Waals surface area contributed by atoms with E-state index in [4.69, 9.17) is 19.9 Å². The van der Waals surface area contributed by atoms with E-state index in [-0.39, 0.29) is 0 Å². The lowest BCUT2D eigenvalue weighted by molar-refractivity contribution is 0.566. The van der Waals surface area contributed by atoms with Gasteiger partial charge >= 0.3 is 0 Å². The van der Waals surface area contributed by atoms with Gasteiger partial charge < -0.3 is 9.13 Å². The van der Waals surface area contributed by atoms with Crippen LogP contribution in [-0.2, 0) is 13.1 Å². The maximum Gasteiger partial charge on any atom is 0.141 e. The predicted molar refractivity (Wildman–Crippen MR) is 192 cm³/mol. The van der Waals surface area contributed by atoms with Crippen LogP contribution in [0.25, 0.3) is 56.2 Å². The minimum absolute atomic E-state index is 0.844. The smallest absolute Gasteiger partial charge is 0.141 e. The first-order chi connectivity index (χ1) is 22.8. The Morgan fingerprint density at radius 3 is 1.35 bits per heavy atom. The zero-order valence-corrected chi connectivity index (χ0v) is 27.7. The van der Waals surface area contributed by atoms with Crippen LogP contribution in [0.5, 0.6) is 0 Å². The van der Waals surface area contributed by atoms with Gasteiger partial charge in [-0.2, -0.15) is 0 Å². The number of benzene rings is 2. The van der Waals surface area contributed by atoms with Crippen molar-refractivity contribution in [2.24, 2.45) is 0 Å². The molecule has 0 radical (unpaired) electrons. The highest BCUT2D eigenvalue weighted by atomic mass is 15.1. The number of fused-ring (bicyclic) bond motifs is 2. The monoisotopic (exact) mass is 612 g/mol. The number of hydrogen-bond donors (Lipinski definition) is 0. The Kier molecular flexibility index (Phi) is 10.9. The lowest BCUT2D eigenvalue weighted by Crippen LogP contribution is -2.02. The molecule has 0 saturated heterocycles. The van der Waals surface area contributed by atoms with Gasteiger partial charge in [-0.25, -0.2) is 9.97 Å². The second-order valence-corrected chi connectivity index (χ2v) is 12.5. The number of para-hydroxylation sites is 4. The van der Waals surface area contributed by atoms with Gasteiger partial charge in [-0.15, -0.1) is 0 Å². The molecule has 6 nitrogen and oxygen atoms in total. The van der Waals surface area contributed by atoms with Crippen LogP contribution in [0.15, 0.2) is 85.2 Å². The second kappa shape index (κ2) is 15.8. The Morgan fingerprint density at radius 1 is 0.478 bits per heavy atom. The number of rotatable bonds is 17. The van der Waals surface area contributed by atoms with Crippen LogP contribution in [0, 0.1) is 0 Å². The van der Waals surface area contributed by atoms with Crippen molar-refractivity contribution in [2.45, 2.75) is 104 Å².